The topological polar surface area (TPSA) is 58.4 Å². The molecule has 2 aliphatic rings. The van der Waals surface area contributed by atoms with Crippen LogP contribution >= 0.6 is 0 Å². The number of primary amides is 1. The van der Waals surface area contributed by atoms with Gasteiger partial charge < -0.3 is 11.1 Å². The Hall–Kier alpha value is -1.55. The molecule has 0 aliphatic carbocycles. The summed E-state index contributed by atoms with van der Waals surface area (Å²) < 4.78 is 0. The molecule has 4 nitrogen and oxygen atoms in total. The number of para-hydroxylation sites is 1. The van der Waals surface area contributed by atoms with E-state index < -0.39 is 0 Å². The predicted molar refractivity (Wildman–Crippen MR) is 76.0 cm³/mol. The molecular formula is C15H21N3O. The highest BCUT2D eigenvalue weighted by Gasteiger charge is 2.37. The molecule has 1 amide bonds. The third kappa shape index (κ3) is 2.59. The summed E-state index contributed by atoms with van der Waals surface area (Å²) in [4.78, 5) is 13.7. The minimum Gasteiger partial charge on any atom is -0.380 e. The van der Waals surface area contributed by atoms with Crippen LogP contribution in [0, 0.1) is 0 Å². The van der Waals surface area contributed by atoms with E-state index in [1.54, 1.807) is 0 Å². The quantitative estimate of drug-likeness (QED) is 0.858. The maximum atomic E-state index is 11.1. The van der Waals surface area contributed by atoms with Crippen molar-refractivity contribution in [3.63, 3.8) is 0 Å². The zero-order valence-corrected chi connectivity index (χ0v) is 11.1. The molecule has 2 aliphatic heterocycles. The first-order valence-electron chi connectivity index (χ1n) is 7.11. The van der Waals surface area contributed by atoms with Crippen molar-refractivity contribution < 1.29 is 4.79 Å². The van der Waals surface area contributed by atoms with Crippen molar-refractivity contribution in [3.05, 3.63) is 29.8 Å². The molecule has 0 aromatic heterocycles. The Kier molecular flexibility index (Phi) is 3.42. The van der Waals surface area contributed by atoms with Gasteiger partial charge in [0.1, 0.15) is 0 Å². The number of carbonyl (C=O) groups excluding carboxylic acids is 1. The largest absolute Gasteiger partial charge is 0.380 e. The summed E-state index contributed by atoms with van der Waals surface area (Å²) in [6.07, 6.45) is 4.10. The van der Waals surface area contributed by atoms with Crippen LogP contribution in [0.1, 0.15) is 24.8 Å². The van der Waals surface area contributed by atoms with Crippen molar-refractivity contribution in [1.82, 2.24) is 4.90 Å². The van der Waals surface area contributed by atoms with Crippen molar-refractivity contribution >= 4 is 11.6 Å². The Balaban J connectivity index is 1.74. The third-order valence-electron chi connectivity index (χ3n) is 4.33. The molecule has 2 heterocycles. The molecule has 2 unspecified atom stereocenters. The summed E-state index contributed by atoms with van der Waals surface area (Å²) in [5.41, 5.74) is 7.39. The number of hydrogen-bond donors (Lipinski definition) is 2. The average Bonchev–Trinajstić information content (AvgIpc) is 2.96. The summed E-state index contributed by atoms with van der Waals surface area (Å²) in [6.45, 7) is 2.44. The molecule has 2 fully saturated rings. The van der Waals surface area contributed by atoms with Gasteiger partial charge in [-0.2, -0.15) is 0 Å². The Morgan fingerprint density at radius 2 is 2.16 bits per heavy atom. The molecule has 3 N–H and O–H groups in total. The number of nitrogens with two attached hydrogens (primary N) is 1. The van der Waals surface area contributed by atoms with E-state index in [1.807, 2.05) is 18.2 Å². The number of hydrogen-bond acceptors (Lipinski definition) is 3. The number of fused-ring (bicyclic) bond motifs is 1. The van der Waals surface area contributed by atoms with Crippen LogP contribution in [0.4, 0.5) is 5.69 Å². The second kappa shape index (κ2) is 5.21. The highest BCUT2D eigenvalue weighted by Crippen LogP contribution is 2.30. The highest BCUT2D eigenvalue weighted by atomic mass is 16.1. The highest BCUT2D eigenvalue weighted by molar-refractivity contribution is 5.78. The molecule has 3 rings (SSSR count). The number of nitrogens with one attached hydrogen (secondary N) is 1. The number of carbonyl (C=O) groups is 1. The molecule has 2 atom stereocenters. The molecule has 4 heteroatoms. The summed E-state index contributed by atoms with van der Waals surface area (Å²) in [6, 6.07) is 9.18. The van der Waals surface area contributed by atoms with Crippen LogP contribution in [-0.4, -0.2) is 36.0 Å². The number of nitrogens with zero attached hydrogens (tertiary/aromatic N) is 1. The van der Waals surface area contributed by atoms with E-state index in [4.69, 9.17) is 5.73 Å². The summed E-state index contributed by atoms with van der Waals surface area (Å²) in [5, 5.41) is 3.64. The van der Waals surface area contributed by atoms with Crippen molar-refractivity contribution in [2.75, 3.05) is 18.4 Å². The minimum atomic E-state index is -0.275. The van der Waals surface area contributed by atoms with Crippen LogP contribution in [-0.2, 0) is 11.2 Å². The predicted octanol–water partition coefficient (Wildman–Crippen LogP) is 1.36. The smallest absolute Gasteiger partial charge is 0.221 e. The van der Waals surface area contributed by atoms with Crippen LogP contribution in [0.2, 0.25) is 0 Å². The maximum Gasteiger partial charge on any atom is 0.221 e. The Bertz CT molecular complexity index is 474. The van der Waals surface area contributed by atoms with Crippen LogP contribution in [0.25, 0.3) is 0 Å². The van der Waals surface area contributed by atoms with Gasteiger partial charge in [0, 0.05) is 24.3 Å². The lowest BCUT2D eigenvalue weighted by molar-refractivity contribution is -0.117. The standard InChI is InChI=1S/C15H21N3O/c16-15(19)10-11-4-1-2-5-12(11)17-13-7-9-18-8-3-6-14(13)18/h1-2,4-5,13-14,17H,3,6-10H2,(H2,16,19). The fourth-order valence-corrected chi connectivity index (χ4v) is 3.45. The summed E-state index contributed by atoms with van der Waals surface area (Å²) in [5.74, 6) is -0.275. The zero-order chi connectivity index (χ0) is 13.2. The van der Waals surface area contributed by atoms with Gasteiger partial charge in [0.15, 0.2) is 0 Å². The summed E-state index contributed by atoms with van der Waals surface area (Å²) in [7, 11) is 0. The normalized spacial score (nSPS) is 26.3. The molecule has 1 aromatic rings. The van der Waals surface area contributed by atoms with Crippen LogP contribution in [0.15, 0.2) is 24.3 Å². The molecule has 0 radical (unpaired) electrons. The first kappa shape index (κ1) is 12.5. The van der Waals surface area contributed by atoms with Gasteiger partial charge >= 0.3 is 0 Å². The fourth-order valence-electron chi connectivity index (χ4n) is 3.45. The van der Waals surface area contributed by atoms with Crippen molar-refractivity contribution in [3.8, 4) is 0 Å². The van der Waals surface area contributed by atoms with Crippen molar-refractivity contribution in [2.24, 2.45) is 5.73 Å². The van der Waals surface area contributed by atoms with E-state index in [0.717, 1.165) is 11.3 Å². The Morgan fingerprint density at radius 3 is 3.00 bits per heavy atom. The van der Waals surface area contributed by atoms with Gasteiger partial charge in [-0.15, -0.1) is 0 Å². The van der Waals surface area contributed by atoms with Gasteiger partial charge in [-0.25, -0.2) is 0 Å². The van der Waals surface area contributed by atoms with E-state index in [0.29, 0.717) is 18.5 Å². The second-order valence-corrected chi connectivity index (χ2v) is 5.59. The number of amides is 1. The maximum absolute atomic E-state index is 11.1. The molecule has 2 saturated heterocycles. The molecular weight excluding hydrogens is 238 g/mol. The van der Waals surface area contributed by atoms with E-state index in [9.17, 15) is 4.79 Å². The third-order valence-corrected chi connectivity index (χ3v) is 4.33. The molecule has 0 spiro atoms. The van der Waals surface area contributed by atoms with Crippen molar-refractivity contribution in [1.29, 1.82) is 0 Å². The van der Waals surface area contributed by atoms with E-state index in [1.165, 1.54) is 32.4 Å². The first-order valence-corrected chi connectivity index (χ1v) is 7.11. The zero-order valence-electron chi connectivity index (χ0n) is 11.1. The second-order valence-electron chi connectivity index (χ2n) is 5.59. The van der Waals surface area contributed by atoms with Gasteiger partial charge in [-0.1, -0.05) is 18.2 Å². The first-order chi connectivity index (χ1) is 9.24. The molecule has 0 saturated carbocycles. The van der Waals surface area contributed by atoms with E-state index >= 15 is 0 Å². The minimum absolute atomic E-state index is 0.275. The number of benzene rings is 1. The molecule has 19 heavy (non-hydrogen) atoms. The van der Waals surface area contributed by atoms with Crippen LogP contribution < -0.4 is 11.1 Å². The average molecular weight is 259 g/mol. The lowest BCUT2D eigenvalue weighted by atomic mass is 10.0. The lowest BCUT2D eigenvalue weighted by Gasteiger charge is -2.23. The van der Waals surface area contributed by atoms with E-state index in [2.05, 4.69) is 16.3 Å². The monoisotopic (exact) mass is 259 g/mol. The SMILES string of the molecule is NC(=O)Cc1ccccc1NC1CCN2CCCC12. The Labute approximate surface area is 114 Å². The van der Waals surface area contributed by atoms with Crippen LogP contribution in [0.5, 0.6) is 0 Å². The lowest BCUT2D eigenvalue weighted by Crippen LogP contribution is -2.34. The van der Waals surface area contributed by atoms with Gasteiger partial charge in [0.2, 0.25) is 5.91 Å². The van der Waals surface area contributed by atoms with Gasteiger partial charge in [-0.3, -0.25) is 9.69 Å². The Morgan fingerprint density at radius 1 is 1.32 bits per heavy atom. The van der Waals surface area contributed by atoms with Gasteiger partial charge in [0.25, 0.3) is 0 Å². The number of anilines is 1. The van der Waals surface area contributed by atoms with Crippen LogP contribution in [0.3, 0.4) is 0 Å². The van der Waals surface area contributed by atoms with E-state index in [-0.39, 0.29) is 5.91 Å². The molecule has 1 aromatic carbocycles. The molecule has 102 valence electrons. The number of rotatable bonds is 4. The van der Waals surface area contributed by atoms with Gasteiger partial charge in [0.05, 0.1) is 6.42 Å². The fraction of sp³-hybridized carbons (Fsp3) is 0.533. The summed E-state index contributed by atoms with van der Waals surface area (Å²) >= 11 is 0. The molecule has 0 bridgehead atoms. The van der Waals surface area contributed by atoms with Crippen molar-refractivity contribution in [2.45, 2.75) is 37.8 Å². The van der Waals surface area contributed by atoms with Gasteiger partial charge in [-0.05, 0) is 37.4 Å².